The van der Waals surface area contributed by atoms with E-state index in [2.05, 4.69) is 27.2 Å². The van der Waals surface area contributed by atoms with Gasteiger partial charge in [0.2, 0.25) is 0 Å². The SMILES string of the molecule is CCCNC(c1cncnc1)c1ccncc1F. The Labute approximate surface area is 105 Å². The maximum atomic E-state index is 13.8. The third-order valence-electron chi connectivity index (χ3n) is 2.63. The first-order valence-corrected chi connectivity index (χ1v) is 5.90. The van der Waals surface area contributed by atoms with Crippen LogP contribution >= 0.6 is 0 Å². The summed E-state index contributed by atoms with van der Waals surface area (Å²) in [5.74, 6) is -0.324. The van der Waals surface area contributed by atoms with Gasteiger partial charge in [0.25, 0.3) is 0 Å². The zero-order valence-electron chi connectivity index (χ0n) is 10.2. The Kier molecular flexibility index (Phi) is 4.30. The minimum Gasteiger partial charge on any atom is -0.306 e. The normalized spacial score (nSPS) is 12.3. The maximum Gasteiger partial charge on any atom is 0.146 e. The summed E-state index contributed by atoms with van der Waals surface area (Å²) in [5, 5.41) is 3.30. The molecule has 2 aromatic rings. The fourth-order valence-corrected chi connectivity index (χ4v) is 1.78. The van der Waals surface area contributed by atoms with E-state index in [1.165, 1.54) is 12.5 Å². The summed E-state index contributed by atoms with van der Waals surface area (Å²) in [5.41, 5.74) is 1.41. The molecular weight excluding hydrogens is 231 g/mol. The maximum absolute atomic E-state index is 13.8. The van der Waals surface area contributed by atoms with Gasteiger partial charge in [-0.05, 0) is 19.0 Å². The quantitative estimate of drug-likeness (QED) is 0.877. The number of hydrogen-bond donors (Lipinski definition) is 1. The van der Waals surface area contributed by atoms with Crippen molar-refractivity contribution in [2.75, 3.05) is 6.54 Å². The molecule has 0 aliphatic heterocycles. The highest BCUT2D eigenvalue weighted by Gasteiger charge is 2.17. The molecule has 0 fully saturated rings. The summed E-state index contributed by atoms with van der Waals surface area (Å²) in [7, 11) is 0. The molecule has 0 saturated heterocycles. The van der Waals surface area contributed by atoms with Crippen molar-refractivity contribution in [1.82, 2.24) is 20.3 Å². The minimum absolute atomic E-state index is 0.242. The van der Waals surface area contributed by atoms with Crippen LogP contribution in [-0.4, -0.2) is 21.5 Å². The van der Waals surface area contributed by atoms with Crippen molar-refractivity contribution in [3.8, 4) is 0 Å². The van der Waals surface area contributed by atoms with E-state index in [1.807, 2.05) is 0 Å². The molecule has 0 radical (unpaired) electrons. The number of pyridine rings is 1. The van der Waals surface area contributed by atoms with Gasteiger partial charge in [-0.25, -0.2) is 14.4 Å². The van der Waals surface area contributed by atoms with E-state index in [9.17, 15) is 4.39 Å². The Morgan fingerprint density at radius 2 is 2.00 bits per heavy atom. The summed E-state index contributed by atoms with van der Waals surface area (Å²) in [4.78, 5) is 11.7. The lowest BCUT2D eigenvalue weighted by Gasteiger charge is -2.19. The molecule has 1 N–H and O–H groups in total. The van der Waals surface area contributed by atoms with Crippen molar-refractivity contribution in [3.63, 3.8) is 0 Å². The van der Waals surface area contributed by atoms with Gasteiger partial charge in [-0.2, -0.15) is 0 Å². The van der Waals surface area contributed by atoms with Gasteiger partial charge in [0.15, 0.2) is 0 Å². The minimum atomic E-state index is -0.324. The van der Waals surface area contributed by atoms with Crippen molar-refractivity contribution in [1.29, 1.82) is 0 Å². The van der Waals surface area contributed by atoms with E-state index >= 15 is 0 Å². The number of rotatable bonds is 5. The fourth-order valence-electron chi connectivity index (χ4n) is 1.78. The molecule has 0 aromatic carbocycles. The Morgan fingerprint density at radius 3 is 2.67 bits per heavy atom. The Hall–Kier alpha value is -1.88. The second-order valence-electron chi connectivity index (χ2n) is 3.96. The van der Waals surface area contributed by atoms with Gasteiger partial charge in [-0.3, -0.25) is 4.98 Å². The molecule has 0 bridgehead atoms. The molecule has 1 atom stereocenters. The van der Waals surface area contributed by atoms with Crippen molar-refractivity contribution in [2.24, 2.45) is 0 Å². The Balaban J connectivity index is 2.34. The van der Waals surface area contributed by atoms with Gasteiger partial charge >= 0.3 is 0 Å². The smallest absolute Gasteiger partial charge is 0.146 e. The van der Waals surface area contributed by atoms with Crippen LogP contribution in [0.25, 0.3) is 0 Å². The zero-order valence-corrected chi connectivity index (χ0v) is 10.2. The summed E-state index contributed by atoms with van der Waals surface area (Å²) >= 11 is 0. The standard InChI is InChI=1S/C13H15FN4/c1-2-4-18-13(10-6-16-9-17-7-10)11-3-5-15-8-12(11)14/h3,5-9,13,18H,2,4H2,1H3. The molecule has 0 aliphatic carbocycles. The molecule has 2 aromatic heterocycles. The van der Waals surface area contributed by atoms with E-state index in [1.54, 1.807) is 24.7 Å². The number of hydrogen-bond acceptors (Lipinski definition) is 4. The number of halogens is 1. The lowest BCUT2D eigenvalue weighted by molar-refractivity contribution is 0.541. The van der Waals surface area contributed by atoms with Crippen molar-refractivity contribution >= 4 is 0 Å². The average Bonchev–Trinajstić information content (AvgIpc) is 2.42. The van der Waals surface area contributed by atoms with Crippen LogP contribution in [-0.2, 0) is 0 Å². The molecule has 0 spiro atoms. The summed E-state index contributed by atoms with van der Waals surface area (Å²) in [6, 6.07) is 1.43. The van der Waals surface area contributed by atoms with Gasteiger partial charge in [0.05, 0.1) is 12.2 Å². The van der Waals surface area contributed by atoms with E-state index in [4.69, 9.17) is 0 Å². The molecule has 0 amide bonds. The molecule has 0 aliphatic rings. The Bertz CT molecular complexity index is 489. The third kappa shape index (κ3) is 2.87. The number of nitrogens with zero attached hydrogens (tertiary/aromatic N) is 3. The van der Waals surface area contributed by atoms with Crippen LogP contribution < -0.4 is 5.32 Å². The van der Waals surface area contributed by atoms with Crippen molar-refractivity contribution in [2.45, 2.75) is 19.4 Å². The van der Waals surface area contributed by atoms with E-state index in [0.717, 1.165) is 18.5 Å². The van der Waals surface area contributed by atoms with Crippen LogP contribution in [0.4, 0.5) is 4.39 Å². The monoisotopic (exact) mass is 246 g/mol. The molecule has 0 saturated carbocycles. The molecule has 5 heteroatoms. The fraction of sp³-hybridized carbons (Fsp3) is 0.308. The first kappa shape index (κ1) is 12.6. The van der Waals surface area contributed by atoms with E-state index < -0.39 is 0 Å². The highest BCUT2D eigenvalue weighted by atomic mass is 19.1. The summed E-state index contributed by atoms with van der Waals surface area (Å²) < 4.78 is 13.8. The summed E-state index contributed by atoms with van der Waals surface area (Å²) in [6.07, 6.45) is 8.63. The topological polar surface area (TPSA) is 50.7 Å². The predicted octanol–water partition coefficient (Wildman–Crippen LogP) is 2.10. The molecular formula is C13H15FN4. The van der Waals surface area contributed by atoms with Crippen LogP contribution in [0.5, 0.6) is 0 Å². The zero-order chi connectivity index (χ0) is 12.8. The summed E-state index contributed by atoms with van der Waals surface area (Å²) in [6.45, 7) is 2.86. The molecule has 2 heterocycles. The van der Waals surface area contributed by atoms with Crippen LogP contribution in [0.15, 0.2) is 37.2 Å². The largest absolute Gasteiger partial charge is 0.306 e. The van der Waals surface area contributed by atoms with Gasteiger partial charge in [-0.15, -0.1) is 0 Å². The van der Waals surface area contributed by atoms with Crippen LogP contribution in [0.1, 0.15) is 30.5 Å². The lowest BCUT2D eigenvalue weighted by Crippen LogP contribution is -2.24. The second-order valence-corrected chi connectivity index (χ2v) is 3.96. The molecule has 18 heavy (non-hydrogen) atoms. The van der Waals surface area contributed by atoms with E-state index in [0.29, 0.717) is 5.56 Å². The third-order valence-corrected chi connectivity index (χ3v) is 2.63. The second kappa shape index (κ2) is 6.16. The molecule has 2 rings (SSSR count). The van der Waals surface area contributed by atoms with Gasteiger partial charge in [-0.1, -0.05) is 6.92 Å². The van der Waals surface area contributed by atoms with Crippen molar-refractivity contribution in [3.05, 3.63) is 54.1 Å². The Morgan fingerprint density at radius 1 is 1.22 bits per heavy atom. The van der Waals surface area contributed by atoms with Crippen molar-refractivity contribution < 1.29 is 4.39 Å². The predicted molar refractivity (Wildman–Crippen MR) is 66.4 cm³/mol. The number of nitrogens with one attached hydrogen (secondary N) is 1. The van der Waals surface area contributed by atoms with E-state index in [-0.39, 0.29) is 11.9 Å². The van der Waals surface area contributed by atoms with Crippen LogP contribution in [0.2, 0.25) is 0 Å². The average molecular weight is 246 g/mol. The lowest BCUT2D eigenvalue weighted by atomic mass is 10.0. The highest BCUT2D eigenvalue weighted by molar-refractivity contribution is 5.28. The molecule has 94 valence electrons. The van der Waals surface area contributed by atoms with Gasteiger partial charge < -0.3 is 5.32 Å². The van der Waals surface area contributed by atoms with Crippen LogP contribution in [0, 0.1) is 5.82 Å². The van der Waals surface area contributed by atoms with Crippen LogP contribution in [0.3, 0.4) is 0 Å². The van der Waals surface area contributed by atoms with Gasteiger partial charge in [0, 0.05) is 29.7 Å². The van der Waals surface area contributed by atoms with Gasteiger partial charge in [0.1, 0.15) is 12.1 Å². The highest BCUT2D eigenvalue weighted by Crippen LogP contribution is 2.22. The molecule has 4 nitrogen and oxygen atoms in total. The number of aromatic nitrogens is 3. The molecule has 1 unspecified atom stereocenters. The first-order valence-electron chi connectivity index (χ1n) is 5.90. The first-order chi connectivity index (χ1) is 8.83.